The molecule has 6 aromatic rings. The Morgan fingerprint density at radius 3 is 2.66 bits per heavy atom. The van der Waals surface area contributed by atoms with Crippen LogP contribution in [0.5, 0.6) is 0 Å². The average Bonchev–Trinajstić information content (AvgIpc) is 3.62. The highest BCUT2D eigenvalue weighted by molar-refractivity contribution is 5.97. The molecule has 0 aliphatic carbocycles. The molecule has 0 bridgehead atoms. The molecule has 5 heterocycles. The first-order valence-electron chi connectivity index (χ1n) is 13.8. The summed E-state index contributed by atoms with van der Waals surface area (Å²) in [6, 6.07) is 20.6. The van der Waals surface area contributed by atoms with E-state index in [1.165, 1.54) is 5.56 Å². The van der Waals surface area contributed by atoms with Gasteiger partial charge in [-0.15, -0.1) is 0 Å². The minimum atomic E-state index is 0.720. The summed E-state index contributed by atoms with van der Waals surface area (Å²) in [6.45, 7) is 8.09. The van der Waals surface area contributed by atoms with Gasteiger partial charge in [0.15, 0.2) is 11.6 Å². The Labute approximate surface area is 238 Å². The quantitative estimate of drug-likeness (QED) is 0.246. The summed E-state index contributed by atoms with van der Waals surface area (Å²) in [5.41, 5.74) is 8.62. The average molecular weight is 542 g/mol. The van der Waals surface area contributed by atoms with E-state index in [2.05, 4.69) is 85.3 Å². The maximum absolute atomic E-state index is 5.00. The number of likely N-dealkylation sites (N-methyl/N-ethyl adjacent to an activating group) is 1. The molecule has 0 amide bonds. The summed E-state index contributed by atoms with van der Waals surface area (Å²) in [7, 11) is 2.15. The largest absolute Gasteiger partial charge is 0.358 e. The van der Waals surface area contributed by atoms with Gasteiger partial charge in [0, 0.05) is 61.6 Å². The van der Waals surface area contributed by atoms with Crippen LogP contribution in [0.2, 0.25) is 0 Å². The molecule has 9 nitrogen and oxygen atoms in total. The van der Waals surface area contributed by atoms with E-state index in [0.29, 0.717) is 0 Å². The van der Waals surface area contributed by atoms with Crippen molar-refractivity contribution in [2.45, 2.75) is 6.42 Å². The van der Waals surface area contributed by atoms with Gasteiger partial charge < -0.3 is 20.1 Å². The number of aromatic nitrogens is 6. The molecule has 9 heteroatoms. The lowest BCUT2D eigenvalue weighted by Crippen LogP contribution is -2.44. The Hall–Kier alpha value is -5.02. The fourth-order valence-electron chi connectivity index (χ4n) is 5.41. The van der Waals surface area contributed by atoms with Crippen LogP contribution in [0.3, 0.4) is 0 Å². The van der Waals surface area contributed by atoms with Crippen molar-refractivity contribution >= 4 is 33.4 Å². The van der Waals surface area contributed by atoms with Crippen LogP contribution in [-0.4, -0.2) is 68.3 Å². The lowest BCUT2D eigenvalue weighted by Gasteiger charge is -2.33. The standard InChI is InChI=1S/C32H31N9/c1-21(16-22-6-4-3-5-7-22)35-25-17-24(19-33-20-25)23-8-9-27-26(18-23)29(39-38-27)31-36-28-10-11-34-32(30(28)37-31)41-14-12-40(2)13-15-41/h3-11,17-20,35H,1,12-16H2,2H3,(H,36,37)(H,38,39). The van der Waals surface area contributed by atoms with Gasteiger partial charge in [-0.1, -0.05) is 43.0 Å². The van der Waals surface area contributed by atoms with E-state index in [4.69, 9.17) is 9.97 Å². The third-order valence-electron chi connectivity index (χ3n) is 7.62. The van der Waals surface area contributed by atoms with E-state index < -0.39 is 0 Å². The van der Waals surface area contributed by atoms with Crippen LogP contribution in [-0.2, 0) is 6.42 Å². The molecule has 1 fully saturated rings. The molecule has 2 aromatic carbocycles. The third kappa shape index (κ3) is 5.03. The zero-order valence-electron chi connectivity index (χ0n) is 22.9. The van der Waals surface area contributed by atoms with Gasteiger partial charge in [-0.3, -0.25) is 10.1 Å². The van der Waals surface area contributed by atoms with Crippen molar-refractivity contribution in [3.8, 4) is 22.6 Å². The summed E-state index contributed by atoms with van der Waals surface area (Å²) in [4.78, 5) is 22.3. The number of aromatic amines is 2. The zero-order valence-corrected chi connectivity index (χ0v) is 22.9. The number of nitrogens with one attached hydrogen (secondary N) is 3. The molecule has 204 valence electrons. The number of imidazole rings is 1. The number of benzene rings is 2. The molecule has 3 N–H and O–H groups in total. The van der Waals surface area contributed by atoms with Crippen LogP contribution in [0, 0.1) is 0 Å². The number of piperazine rings is 1. The second kappa shape index (κ2) is 10.5. The summed E-state index contributed by atoms with van der Waals surface area (Å²) in [6.07, 6.45) is 6.29. The molecule has 41 heavy (non-hydrogen) atoms. The molecule has 0 atom stereocenters. The molecule has 1 aliphatic heterocycles. The molecule has 0 saturated carbocycles. The van der Waals surface area contributed by atoms with Crippen molar-refractivity contribution in [2.24, 2.45) is 0 Å². The first kappa shape index (κ1) is 25.0. The van der Waals surface area contributed by atoms with Gasteiger partial charge in [0.2, 0.25) is 0 Å². The lowest BCUT2D eigenvalue weighted by atomic mass is 10.0. The number of rotatable bonds is 7. The second-order valence-corrected chi connectivity index (χ2v) is 10.6. The number of fused-ring (bicyclic) bond motifs is 2. The maximum Gasteiger partial charge on any atom is 0.159 e. The molecule has 0 spiro atoms. The summed E-state index contributed by atoms with van der Waals surface area (Å²) in [5.74, 6) is 1.64. The van der Waals surface area contributed by atoms with E-state index in [-0.39, 0.29) is 0 Å². The second-order valence-electron chi connectivity index (χ2n) is 10.6. The fraction of sp³-hybridized carbons (Fsp3) is 0.188. The van der Waals surface area contributed by atoms with Gasteiger partial charge in [-0.05, 0) is 42.4 Å². The normalized spacial score (nSPS) is 14.1. The van der Waals surface area contributed by atoms with Gasteiger partial charge in [0.1, 0.15) is 11.2 Å². The van der Waals surface area contributed by atoms with E-state index >= 15 is 0 Å². The van der Waals surface area contributed by atoms with Crippen molar-refractivity contribution in [1.82, 2.24) is 35.0 Å². The van der Waals surface area contributed by atoms with Crippen LogP contribution in [0.25, 0.3) is 44.6 Å². The third-order valence-corrected chi connectivity index (χ3v) is 7.62. The topological polar surface area (TPSA) is 102 Å². The van der Waals surface area contributed by atoms with E-state index in [1.54, 1.807) is 0 Å². The number of hydrogen-bond donors (Lipinski definition) is 3. The predicted octanol–water partition coefficient (Wildman–Crippen LogP) is 5.48. The first-order valence-corrected chi connectivity index (χ1v) is 13.8. The Bertz CT molecular complexity index is 1850. The number of H-pyrrole nitrogens is 2. The van der Waals surface area contributed by atoms with Crippen molar-refractivity contribution in [1.29, 1.82) is 0 Å². The summed E-state index contributed by atoms with van der Waals surface area (Å²) >= 11 is 0. The number of anilines is 2. The summed E-state index contributed by atoms with van der Waals surface area (Å²) in [5, 5.41) is 12.2. The van der Waals surface area contributed by atoms with Crippen LogP contribution < -0.4 is 10.2 Å². The molecule has 1 aliphatic rings. The Morgan fingerprint density at radius 2 is 1.80 bits per heavy atom. The van der Waals surface area contributed by atoms with Gasteiger partial charge in [-0.2, -0.15) is 5.10 Å². The van der Waals surface area contributed by atoms with Crippen LogP contribution >= 0.6 is 0 Å². The Kier molecular flexibility index (Phi) is 6.41. The van der Waals surface area contributed by atoms with Gasteiger partial charge in [0.25, 0.3) is 0 Å². The first-order chi connectivity index (χ1) is 20.1. The zero-order chi connectivity index (χ0) is 27.8. The number of allylic oxidation sites excluding steroid dienone is 1. The molecule has 1 saturated heterocycles. The van der Waals surface area contributed by atoms with Crippen molar-refractivity contribution < 1.29 is 0 Å². The molecule has 7 rings (SSSR count). The molecule has 0 radical (unpaired) electrons. The van der Waals surface area contributed by atoms with Gasteiger partial charge in [-0.25, -0.2) is 9.97 Å². The van der Waals surface area contributed by atoms with Crippen LogP contribution in [0.4, 0.5) is 11.5 Å². The van der Waals surface area contributed by atoms with Crippen molar-refractivity contribution in [2.75, 3.05) is 43.4 Å². The lowest BCUT2D eigenvalue weighted by molar-refractivity contribution is 0.312. The van der Waals surface area contributed by atoms with E-state index in [0.717, 1.165) is 94.4 Å². The smallest absolute Gasteiger partial charge is 0.159 e. The highest BCUT2D eigenvalue weighted by Crippen LogP contribution is 2.32. The Morgan fingerprint density at radius 1 is 0.951 bits per heavy atom. The van der Waals surface area contributed by atoms with Crippen LogP contribution in [0.1, 0.15) is 5.56 Å². The SMILES string of the molecule is C=C(Cc1ccccc1)Nc1cncc(-c2ccc3[nH]nc(-c4nc5c(N6CCN(C)CC6)nccc5[nH]4)c3c2)c1. The number of nitrogens with zero attached hydrogens (tertiary/aromatic N) is 6. The van der Waals surface area contributed by atoms with Crippen molar-refractivity contribution in [3.63, 3.8) is 0 Å². The minimum absolute atomic E-state index is 0.720. The molecular formula is C32H31N9. The molecular weight excluding hydrogens is 510 g/mol. The Balaban J connectivity index is 1.18. The monoisotopic (exact) mass is 541 g/mol. The maximum atomic E-state index is 5.00. The fourth-order valence-corrected chi connectivity index (χ4v) is 5.41. The molecule has 0 unspecified atom stereocenters. The highest BCUT2D eigenvalue weighted by atomic mass is 15.3. The summed E-state index contributed by atoms with van der Waals surface area (Å²) < 4.78 is 0. The van der Waals surface area contributed by atoms with Crippen LogP contribution in [0.15, 0.2) is 91.5 Å². The van der Waals surface area contributed by atoms with Gasteiger partial charge in [0.05, 0.1) is 22.9 Å². The minimum Gasteiger partial charge on any atom is -0.358 e. The number of pyridine rings is 2. The molecule has 4 aromatic heterocycles. The van der Waals surface area contributed by atoms with Gasteiger partial charge >= 0.3 is 0 Å². The number of hydrogen-bond acceptors (Lipinski definition) is 7. The predicted molar refractivity (Wildman–Crippen MR) is 165 cm³/mol. The van der Waals surface area contributed by atoms with E-state index in [1.807, 2.05) is 42.9 Å². The van der Waals surface area contributed by atoms with Crippen molar-refractivity contribution in [3.05, 3.63) is 97.1 Å². The highest BCUT2D eigenvalue weighted by Gasteiger charge is 2.21. The van der Waals surface area contributed by atoms with E-state index in [9.17, 15) is 0 Å².